The van der Waals surface area contributed by atoms with Crippen LogP contribution in [-0.4, -0.2) is 11.1 Å². The third kappa shape index (κ3) is 2.89. The molecule has 4 rings (SSSR count). The molecule has 0 heterocycles. The Labute approximate surface area is 164 Å². The molecule has 2 bridgehead atoms. The van der Waals surface area contributed by atoms with Gasteiger partial charge in [0.25, 0.3) is 0 Å². The molecule has 1 saturated carbocycles. The van der Waals surface area contributed by atoms with Gasteiger partial charge in [0, 0.05) is 8.95 Å². The van der Waals surface area contributed by atoms with Crippen molar-refractivity contribution in [2.45, 2.75) is 38.0 Å². The summed E-state index contributed by atoms with van der Waals surface area (Å²) in [6, 6.07) is 9.22. The lowest BCUT2D eigenvalue weighted by atomic mass is 9.89. The fraction of sp³-hybridized carbons (Fsp3) is 0.286. The van der Waals surface area contributed by atoms with Crippen LogP contribution in [0, 0.1) is 0 Å². The van der Waals surface area contributed by atoms with Crippen LogP contribution in [0.3, 0.4) is 0 Å². The SMILES string of the molecule is CC(=Cc1ccc(C(=O)O)cc1)c1cc(Br)c2c(c1Br)[C@@H]1CC[C@H]2C1. The van der Waals surface area contributed by atoms with Crippen LogP contribution >= 0.6 is 31.9 Å². The molecule has 2 atom stereocenters. The second kappa shape index (κ2) is 6.40. The molecule has 0 aromatic heterocycles. The maximum absolute atomic E-state index is 11.0. The fourth-order valence-corrected chi connectivity index (χ4v) is 6.05. The van der Waals surface area contributed by atoms with E-state index in [0.717, 1.165) is 5.56 Å². The van der Waals surface area contributed by atoms with Crippen LogP contribution in [0.1, 0.15) is 70.6 Å². The highest BCUT2D eigenvalue weighted by molar-refractivity contribution is 9.11. The lowest BCUT2D eigenvalue weighted by molar-refractivity contribution is 0.0697. The van der Waals surface area contributed by atoms with E-state index >= 15 is 0 Å². The van der Waals surface area contributed by atoms with Crippen LogP contribution in [-0.2, 0) is 0 Å². The van der Waals surface area contributed by atoms with E-state index in [0.29, 0.717) is 17.4 Å². The van der Waals surface area contributed by atoms with E-state index in [2.05, 4.69) is 50.9 Å². The van der Waals surface area contributed by atoms with E-state index in [9.17, 15) is 4.79 Å². The fourth-order valence-electron chi connectivity index (χ4n) is 4.32. The van der Waals surface area contributed by atoms with Gasteiger partial charge in [-0.15, -0.1) is 0 Å². The number of hydrogen-bond donors (Lipinski definition) is 1. The first-order chi connectivity index (χ1) is 12.0. The average molecular weight is 462 g/mol. The van der Waals surface area contributed by atoms with E-state index in [1.165, 1.54) is 50.5 Å². The standard InChI is InChI=1S/C21H18Br2O2/c1-11(8-12-2-4-13(5-3-12)21(24)25)16-10-17(22)18-14-6-7-15(9-14)19(18)20(16)23/h2-5,8,10,14-15H,6-7,9H2,1H3,(H,24,25)/t14-,15+/m0/s1. The van der Waals surface area contributed by atoms with Crippen molar-refractivity contribution in [3.8, 4) is 0 Å². The first-order valence-corrected chi connectivity index (χ1v) is 10.1. The number of allylic oxidation sites excluding steroid dienone is 1. The summed E-state index contributed by atoms with van der Waals surface area (Å²) in [6.07, 6.45) is 6.01. The Morgan fingerprint density at radius 2 is 1.76 bits per heavy atom. The van der Waals surface area contributed by atoms with E-state index in [1.807, 2.05) is 12.1 Å². The number of carboxylic acid groups (broad SMARTS) is 1. The molecule has 4 heteroatoms. The smallest absolute Gasteiger partial charge is 0.335 e. The zero-order chi connectivity index (χ0) is 17.7. The topological polar surface area (TPSA) is 37.3 Å². The van der Waals surface area contributed by atoms with Crippen molar-refractivity contribution in [2.24, 2.45) is 0 Å². The van der Waals surface area contributed by atoms with Crippen molar-refractivity contribution in [3.63, 3.8) is 0 Å². The molecule has 2 aliphatic rings. The first kappa shape index (κ1) is 17.0. The van der Waals surface area contributed by atoms with Gasteiger partial charge >= 0.3 is 5.97 Å². The average Bonchev–Trinajstić information content (AvgIpc) is 3.20. The predicted octanol–water partition coefficient (Wildman–Crippen LogP) is 6.84. The Hall–Kier alpha value is -1.39. The number of aromatic carboxylic acids is 1. The summed E-state index contributed by atoms with van der Waals surface area (Å²) in [5, 5.41) is 9.02. The van der Waals surface area contributed by atoms with E-state index in [-0.39, 0.29) is 0 Å². The molecule has 0 radical (unpaired) electrons. The van der Waals surface area contributed by atoms with Gasteiger partial charge in [-0.3, -0.25) is 0 Å². The Morgan fingerprint density at radius 1 is 1.12 bits per heavy atom. The Bertz CT molecular complexity index is 897. The monoisotopic (exact) mass is 460 g/mol. The number of hydrogen-bond acceptors (Lipinski definition) is 1. The summed E-state index contributed by atoms with van der Waals surface area (Å²) in [7, 11) is 0. The molecule has 0 unspecified atom stereocenters. The quantitative estimate of drug-likeness (QED) is 0.508. The van der Waals surface area contributed by atoms with Crippen molar-refractivity contribution in [2.75, 3.05) is 0 Å². The highest BCUT2D eigenvalue weighted by Gasteiger charge is 2.40. The lowest BCUT2D eigenvalue weighted by Crippen LogP contribution is -2.02. The second-order valence-electron chi connectivity index (χ2n) is 7.01. The summed E-state index contributed by atoms with van der Waals surface area (Å²) < 4.78 is 2.45. The van der Waals surface area contributed by atoms with E-state index < -0.39 is 5.97 Å². The Kier molecular flexibility index (Phi) is 4.37. The molecule has 2 aliphatic carbocycles. The molecule has 2 nitrogen and oxygen atoms in total. The van der Waals surface area contributed by atoms with Crippen molar-refractivity contribution in [3.05, 3.63) is 67.1 Å². The first-order valence-electron chi connectivity index (χ1n) is 8.49. The summed E-state index contributed by atoms with van der Waals surface area (Å²) in [5.74, 6) is 0.508. The molecule has 0 spiro atoms. The minimum Gasteiger partial charge on any atom is -0.478 e. The third-order valence-corrected chi connectivity index (χ3v) is 7.02. The van der Waals surface area contributed by atoms with Gasteiger partial charge in [-0.25, -0.2) is 4.79 Å². The molecular formula is C21H18Br2O2. The van der Waals surface area contributed by atoms with Crippen molar-refractivity contribution >= 4 is 49.5 Å². The molecular weight excluding hydrogens is 444 g/mol. The van der Waals surface area contributed by atoms with Crippen molar-refractivity contribution < 1.29 is 9.90 Å². The van der Waals surface area contributed by atoms with Gasteiger partial charge in [-0.2, -0.15) is 0 Å². The molecule has 1 N–H and O–H groups in total. The zero-order valence-corrected chi connectivity index (χ0v) is 17.0. The van der Waals surface area contributed by atoms with Crippen LogP contribution in [0.2, 0.25) is 0 Å². The van der Waals surface area contributed by atoms with Gasteiger partial charge in [-0.05, 0) is 100.0 Å². The number of benzene rings is 2. The number of carbonyl (C=O) groups is 1. The van der Waals surface area contributed by atoms with Crippen LogP contribution < -0.4 is 0 Å². The van der Waals surface area contributed by atoms with Crippen molar-refractivity contribution in [1.29, 1.82) is 0 Å². The van der Waals surface area contributed by atoms with Gasteiger partial charge in [0.2, 0.25) is 0 Å². The van der Waals surface area contributed by atoms with Gasteiger partial charge in [-0.1, -0.05) is 34.1 Å². The molecule has 25 heavy (non-hydrogen) atoms. The van der Waals surface area contributed by atoms with Gasteiger partial charge < -0.3 is 5.11 Å². The molecule has 2 aromatic rings. The molecule has 2 aromatic carbocycles. The highest BCUT2D eigenvalue weighted by Crippen LogP contribution is 2.58. The molecule has 0 aliphatic heterocycles. The minimum absolute atomic E-state index is 0.312. The van der Waals surface area contributed by atoms with Crippen LogP contribution in [0.15, 0.2) is 39.3 Å². The highest BCUT2D eigenvalue weighted by atomic mass is 79.9. The van der Waals surface area contributed by atoms with Gasteiger partial charge in [0.15, 0.2) is 0 Å². The van der Waals surface area contributed by atoms with Crippen LogP contribution in [0.4, 0.5) is 0 Å². The number of carboxylic acids is 1. The van der Waals surface area contributed by atoms with E-state index in [4.69, 9.17) is 5.11 Å². The zero-order valence-electron chi connectivity index (χ0n) is 13.9. The molecule has 1 fully saturated rings. The minimum atomic E-state index is -0.896. The van der Waals surface area contributed by atoms with Crippen molar-refractivity contribution in [1.82, 2.24) is 0 Å². The largest absolute Gasteiger partial charge is 0.478 e. The Morgan fingerprint density at radius 3 is 2.40 bits per heavy atom. The van der Waals surface area contributed by atoms with Crippen LogP contribution in [0.25, 0.3) is 11.6 Å². The number of halogens is 2. The van der Waals surface area contributed by atoms with Gasteiger partial charge in [0.05, 0.1) is 5.56 Å². The molecule has 0 saturated heterocycles. The summed E-state index contributed by atoms with van der Waals surface area (Å²) in [4.78, 5) is 11.0. The maximum Gasteiger partial charge on any atom is 0.335 e. The van der Waals surface area contributed by atoms with E-state index in [1.54, 1.807) is 12.1 Å². The maximum atomic E-state index is 11.0. The second-order valence-corrected chi connectivity index (χ2v) is 8.66. The molecule has 0 amide bonds. The summed E-state index contributed by atoms with van der Waals surface area (Å²) in [5.41, 5.74) is 6.70. The summed E-state index contributed by atoms with van der Waals surface area (Å²) in [6.45, 7) is 2.11. The molecule has 128 valence electrons. The van der Waals surface area contributed by atoms with Gasteiger partial charge in [0.1, 0.15) is 0 Å². The van der Waals surface area contributed by atoms with Crippen LogP contribution in [0.5, 0.6) is 0 Å². The third-order valence-electron chi connectivity index (χ3n) is 5.51. The predicted molar refractivity (Wildman–Crippen MR) is 108 cm³/mol. The number of rotatable bonds is 3. The number of fused-ring (bicyclic) bond motifs is 5. The normalized spacial score (nSPS) is 21.5. The Balaban J connectivity index is 1.73. The lowest BCUT2D eigenvalue weighted by Gasteiger charge is -2.21. The summed E-state index contributed by atoms with van der Waals surface area (Å²) >= 11 is 7.67.